The Kier molecular flexibility index (Phi) is 5.56. The standard InChI is InChI=1S/C15H21ClN4/c1-3-7-17-14(13-6-5-12(16)11-19-13)10-15-18-8-9-20(15)4-2/h5-6,8-9,11,14,17H,3-4,7,10H2,1-2H3. The molecule has 0 aliphatic heterocycles. The van der Waals surface area contributed by atoms with E-state index in [0.29, 0.717) is 5.02 Å². The van der Waals surface area contributed by atoms with Crippen molar-refractivity contribution in [2.75, 3.05) is 6.54 Å². The van der Waals surface area contributed by atoms with E-state index in [2.05, 4.69) is 33.7 Å². The molecule has 108 valence electrons. The van der Waals surface area contributed by atoms with Gasteiger partial charge in [-0.1, -0.05) is 18.5 Å². The van der Waals surface area contributed by atoms with E-state index in [4.69, 9.17) is 11.6 Å². The maximum absolute atomic E-state index is 5.91. The molecule has 2 aromatic heterocycles. The summed E-state index contributed by atoms with van der Waals surface area (Å²) in [5.74, 6) is 1.08. The van der Waals surface area contributed by atoms with Crippen LogP contribution in [0.5, 0.6) is 0 Å². The van der Waals surface area contributed by atoms with Gasteiger partial charge in [0.15, 0.2) is 0 Å². The first-order chi connectivity index (χ1) is 9.74. The highest BCUT2D eigenvalue weighted by molar-refractivity contribution is 6.30. The molecule has 2 heterocycles. The number of hydrogen-bond donors (Lipinski definition) is 1. The molecule has 1 N–H and O–H groups in total. The van der Waals surface area contributed by atoms with Gasteiger partial charge in [0, 0.05) is 31.6 Å². The van der Waals surface area contributed by atoms with Crippen molar-refractivity contribution in [1.29, 1.82) is 0 Å². The van der Waals surface area contributed by atoms with Crippen molar-refractivity contribution >= 4 is 11.6 Å². The van der Waals surface area contributed by atoms with Crippen LogP contribution in [0.1, 0.15) is 37.8 Å². The minimum Gasteiger partial charge on any atom is -0.335 e. The van der Waals surface area contributed by atoms with Crippen molar-refractivity contribution in [2.45, 2.75) is 39.3 Å². The van der Waals surface area contributed by atoms with Crippen LogP contribution >= 0.6 is 11.6 Å². The number of aromatic nitrogens is 3. The number of hydrogen-bond acceptors (Lipinski definition) is 3. The van der Waals surface area contributed by atoms with Crippen molar-refractivity contribution in [3.8, 4) is 0 Å². The van der Waals surface area contributed by atoms with Crippen LogP contribution in [0.2, 0.25) is 5.02 Å². The highest BCUT2D eigenvalue weighted by Crippen LogP contribution is 2.17. The molecule has 5 heteroatoms. The van der Waals surface area contributed by atoms with Crippen molar-refractivity contribution in [3.05, 3.63) is 47.3 Å². The maximum Gasteiger partial charge on any atom is 0.110 e. The number of imidazole rings is 1. The van der Waals surface area contributed by atoms with Crippen molar-refractivity contribution in [3.63, 3.8) is 0 Å². The molecule has 1 atom stereocenters. The predicted octanol–water partition coefficient (Wildman–Crippen LogP) is 3.23. The molecule has 0 saturated heterocycles. The van der Waals surface area contributed by atoms with Crippen molar-refractivity contribution < 1.29 is 0 Å². The average molecular weight is 293 g/mol. The molecule has 20 heavy (non-hydrogen) atoms. The summed E-state index contributed by atoms with van der Waals surface area (Å²) in [4.78, 5) is 8.88. The summed E-state index contributed by atoms with van der Waals surface area (Å²) < 4.78 is 2.16. The fourth-order valence-electron chi connectivity index (χ4n) is 2.19. The van der Waals surface area contributed by atoms with Crippen LogP contribution in [0.15, 0.2) is 30.7 Å². The third kappa shape index (κ3) is 3.81. The Balaban J connectivity index is 2.17. The largest absolute Gasteiger partial charge is 0.335 e. The molecule has 2 aromatic rings. The van der Waals surface area contributed by atoms with E-state index in [9.17, 15) is 0 Å². The van der Waals surface area contributed by atoms with Gasteiger partial charge in [-0.05, 0) is 32.0 Å². The van der Waals surface area contributed by atoms with Crippen LogP contribution in [0.4, 0.5) is 0 Å². The smallest absolute Gasteiger partial charge is 0.110 e. The second-order valence-corrected chi connectivity index (χ2v) is 5.18. The lowest BCUT2D eigenvalue weighted by atomic mass is 10.1. The number of rotatable bonds is 7. The highest BCUT2D eigenvalue weighted by atomic mass is 35.5. The molecule has 2 rings (SSSR count). The number of nitrogens with zero attached hydrogens (tertiary/aromatic N) is 3. The lowest BCUT2D eigenvalue weighted by Gasteiger charge is -2.18. The molecule has 0 spiro atoms. The first-order valence-corrected chi connectivity index (χ1v) is 7.47. The zero-order valence-electron chi connectivity index (χ0n) is 12.0. The van der Waals surface area contributed by atoms with Gasteiger partial charge < -0.3 is 9.88 Å². The number of nitrogens with one attached hydrogen (secondary N) is 1. The van der Waals surface area contributed by atoms with E-state index in [0.717, 1.165) is 37.4 Å². The Hall–Kier alpha value is -1.39. The van der Waals surface area contributed by atoms with Gasteiger partial charge in [0.25, 0.3) is 0 Å². The van der Waals surface area contributed by atoms with E-state index in [-0.39, 0.29) is 6.04 Å². The first-order valence-electron chi connectivity index (χ1n) is 7.09. The molecule has 0 amide bonds. The van der Waals surface area contributed by atoms with Gasteiger partial charge >= 0.3 is 0 Å². The lowest BCUT2D eigenvalue weighted by molar-refractivity contribution is 0.496. The van der Waals surface area contributed by atoms with Gasteiger partial charge in [-0.15, -0.1) is 0 Å². The number of halogens is 1. The van der Waals surface area contributed by atoms with E-state index in [1.165, 1.54) is 0 Å². The third-order valence-corrected chi connectivity index (χ3v) is 3.50. The summed E-state index contributed by atoms with van der Waals surface area (Å²) in [5, 5.41) is 4.20. The summed E-state index contributed by atoms with van der Waals surface area (Å²) in [7, 11) is 0. The predicted molar refractivity (Wildman–Crippen MR) is 81.9 cm³/mol. The van der Waals surface area contributed by atoms with Crippen LogP contribution < -0.4 is 5.32 Å². The summed E-state index contributed by atoms with van der Waals surface area (Å²) in [6, 6.07) is 4.03. The number of aryl methyl sites for hydroxylation is 1. The van der Waals surface area contributed by atoms with Crippen LogP contribution in [0, 0.1) is 0 Å². The maximum atomic E-state index is 5.91. The van der Waals surface area contributed by atoms with Crippen LogP contribution in [-0.4, -0.2) is 21.1 Å². The zero-order valence-corrected chi connectivity index (χ0v) is 12.8. The Morgan fingerprint density at radius 3 is 2.80 bits per heavy atom. The molecule has 0 aliphatic carbocycles. The molecule has 0 radical (unpaired) electrons. The topological polar surface area (TPSA) is 42.7 Å². The van der Waals surface area contributed by atoms with Crippen LogP contribution in [-0.2, 0) is 13.0 Å². The summed E-state index contributed by atoms with van der Waals surface area (Å²) in [6.45, 7) is 6.18. The fraction of sp³-hybridized carbons (Fsp3) is 0.467. The van der Waals surface area contributed by atoms with Gasteiger partial charge in [0.05, 0.1) is 16.8 Å². The quantitative estimate of drug-likeness (QED) is 0.852. The molecule has 0 aromatic carbocycles. The molecule has 0 aliphatic rings. The monoisotopic (exact) mass is 292 g/mol. The second kappa shape index (κ2) is 7.41. The molecule has 0 fully saturated rings. The highest BCUT2D eigenvalue weighted by Gasteiger charge is 2.15. The van der Waals surface area contributed by atoms with Gasteiger partial charge in [-0.25, -0.2) is 4.98 Å². The molecule has 0 saturated carbocycles. The Labute approximate surface area is 125 Å². The molecular weight excluding hydrogens is 272 g/mol. The molecule has 4 nitrogen and oxygen atoms in total. The van der Waals surface area contributed by atoms with Gasteiger partial charge in [0.2, 0.25) is 0 Å². The fourth-order valence-corrected chi connectivity index (χ4v) is 2.31. The minimum absolute atomic E-state index is 0.167. The summed E-state index contributed by atoms with van der Waals surface area (Å²) in [5.41, 5.74) is 1.01. The van der Waals surface area contributed by atoms with E-state index in [1.807, 2.05) is 24.5 Å². The van der Waals surface area contributed by atoms with E-state index in [1.54, 1.807) is 6.20 Å². The van der Waals surface area contributed by atoms with E-state index < -0.39 is 0 Å². The van der Waals surface area contributed by atoms with Crippen molar-refractivity contribution in [2.24, 2.45) is 0 Å². The third-order valence-electron chi connectivity index (χ3n) is 3.28. The normalized spacial score (nSPS) is 12.6. The average Bonchev–Trinajstić information content (AvgIpc) is 2.91. The lowest BCUT2D eigenvalue weighted by Crippen LogP contribution is -2.26. The van der Waals surface area contributed by atoms with Gasteiger partial charge in [-0.2, -0.15) is 0 Å². The van der Waals surface area contributed by atoms with Gasteiger partial charge in [0.1, 0.15) is 5.82 Å². The van der Waals surface area contributed by atoms with Gasteiger partial charge in [-0.3, -0.25) is 4.98 Å². The molecule has 0 bridgehead atoms. The van der Waals surface area contributed by atoms with Crippen LogP contribution in [0.25, 0.3) is 0 Å². The zero-order chi connectivity index (χ0) is 14.4. The summed E-state index contributed by atoms with van der Waals surface area (Å²) >= 11 is 5.91. The van der Waals surface area contributed by atoms with Crippen molar-refractivity contribution in [1.82, 2.24) is 19.9 Å². The first kappa shape index (κ1) is 15.0. The Morgan fingerprint density at radius 1 is 1.30 bits per heavy atom. The van der Waals surface area contributed by atoms with E-state index >= 15 is 0 Å². The molecular formula is C15H21ClN4. The SMILES string of the molecule is CCCNC(Cc1nccn1CC)c1ccc(Cl)cn1. The minimum atomic E-state index is 0.167. The van der Waals surface area contributed by atoms with Crippen LogP contribution in [0.3, 0.4) is 0 Å². The number of pyridine rings is 1. The Bertz CT molecular complexity index is 521. The second-order valence-electron chi connectivity index (χ2n) is 4.74. The summed E-state index contributed by atoms with van der Waals surface area (Å²) in [6.07, 6.45) is 7.48. The Morgan fingerprint density at radius 2 is 2.15 bits per heavy atom. The molecule has 1 unspecified atom stereocenters.